The fourth-order valence-electron chi connectivity index (χ4n) is 2.32. The Labute approximate surface area is 133 Å². The molecule has 1 N–H and O–H groups in total. The Morgan fingerprint density at radius 2 is 2.14 bits per heavy atom. The van der Waals surface area contributed by atoms with E-state index in [-0.39, 0.29) is 11.9 Å². The van der Waals surface area contributed by atoms with Crippen molar-refractivity contribution in [2.45, 2.75) is 32.7 Å². The number of hydrogen-bond donors (Lipinski definition) is 1. The van der Waals surface area contributed by atoms with Gasteiger partial charge in [0.15, 0.2) is 0 Å². The van der Waals surface area contributed by atoms with Crippen LogP contribution in [0.1, 0.15) is 36.2 Å². The standard InChI is InChI=1S/C17H20BrFN2/c1-3-8-20-17(11-16-12(2)5-4-9-21-16)14-10-13(18)6-7-15(14)19/h4-7,9-10,17,20H,3,8,11H2,1-2H3. The van der Waals surface area contributed by atoms with Crippen molar-refractivity contribution in [1.82, 2.24) is 10.3 Å². The molecule has 0 bridgehead atoms. The van der Waals surface area contributed by atoms with E-state index >= 15 is 0 Å². The van der Waals surface area contributed by atoms with Gasteiger partial charge in [-0.15, -0.1) is 0 Å². The predicted octanol–water partition coefficient (Wildman–Crippen LogP) is 4.58. The molecule has 0 saturated heterocycles. The number of nitrogens with zero attached hydrogens (tertiary/aromatic N) is 1. The highest BCUT2D eigenvalue weighted by molar-refractivity contribution is 9.10. The van der Waals surface area contributed by atoms with Gasteiger partial charge in [0.2, 0.25) is 0 Å². The molecule has 1 heterocycles. The molecule has 0 aliphatic carbocycles. The van der Waals surface area contributed by atoms with Crippen LogP contribution in [0, 0.1) is 12.7 Å². The zero-order valence-electron chi connectivity index (χ0n) is 12.4. The van der Waals surface area contributed by atoms with E-state index in [1.54, 1.807) is 12.3 Å². The summed E-state index contributed by atoms with van der Waals surface area (Å²) >= 11 is 3.42. The normalized spacial score (nSPS) is 12.4. The summed E-state index contributed by atoms with van der Waals surface area (Å²) in [4.78, 5) is 4.43. The van der Waals surface area contributed by atoms with Gasteiger partial charge in [-0.25, -0.2) is 4.39 Å². The molecule has 21 heavy (non-hydrogen) atoms. The maximum Gasteiger partial charge on any atom is 0.128 e. The number of hydrogen-bond acceptors (Lipinski definition) is 2. The van der Waals surface area contributed by atoms with Gasteiger partial charge in [-0.05, 0) is 49.7 Å². The summed E-state index contributed by atoms with van der Waals surface area (Å²) in [5.74, 6) is -0.180. The number of benzene rings is 1. The molecule has 0 fully saturated rings. The highest BCUT2D eigenvalue weighted by Gasteiger charge is 2.17. The molecule has 1 unspecified atom stereocenters. The topological polar surface area (TPSA) is 24.9 Å². The molecule has 112 valence electrons. The molecule has 2 rings (SSSR count). The molecule has 1 aromatic heterocycles. The number of rotatable bonds is 6. The van der Waals surface area contributed by atoms with Crippen molar-refractivity contribution < 1.29 is 4.39 Å². The Bertz CT molecular complexity index is 601. The molecule has 4 heteroatoms. The third-order valence-electron chi connectivity index (χ3n) is 3.49. The lowest BCUT2D eigenvalue weighted by molar-refractivity contribution is 0.492. The molecule has 2 aromatic rings. The van der Waals surface area contributed by atoms with Gasteiger partial charge in [0, 0.05) is 34.4 Å². The summed E-state index contributed by atoms with van der Waals surface area (Å²) in [7, 11) is 0. The van der Waals surface area contributed by atoms with Crippen molar-refractivity contribution in [2.75, 3.05) is 6.54 Å². The van der Waals surface area contributed by atoms with Crippen LogP contribution in [0.25, 0.3) is 0 Å². The zero-order chi connectivity index (χ0) is 15.2. The molecule has 2 nitrogen and oxygen atoms in total. The van der Waals surface area contributed by atoms with Crippen LogP contribution in [0.2, 0.25) is 0 Å². The molecule has 1 aromatic carbocycles. The SMILES string of the molecule is CCCNC(Cc1ncccc1C)c1cc(Br)ccc1F. The van der Waals surface area contributed by atoms with E-state index in [0.29, 0.717) is 12.0 Å². The average molecular weight is 351 g/mol. The first-order chi connectivity index (χ1) is 10.1. The largest absolute Gasteiger partial charge is 0.310 e. The van der Waals surface area contributed by atoms with Crippen LogP contribution in [0.4, 0.5) is 4.39 Å². The van der Waals surface area contributed by atoms with Crippen molar-refractivity contribution in [3.8, 4) is 0 Å². The van der Waals surface area contributed by atoms with Crippen LogP contribution >= 0.6 is 15.9 Å². The average Bonchev–Trinajstić information content (AvgIpc) is 2.48. The van der Waals surface area contributed by atoms with E-state index in [2.05, 4.69) is 33.2 Å². The molecular formula is C17H20BrFN2. The van der Waals surface area contributed by atoms with Crippen molar-refractivity contribution >= 4 is 15.9 Å². The quantitative estimate of drug-likeness (QED) is 0.824. The van der Waals surface area contributed by atoms with Crippen LogP contribution in [-0.4, -0.2) is 11.5 Å². The summed E-state index contributed by atoms with van der Waals surface area (Å²) in [6.45, 7) is 4.99. The summed E-state index contributed by atoms with van der Waals surface area (Å²) in [6.07, 6.45) is 3.48. The molecular weight excluding hydrogens is 331 g/mol. The number of aromatic nitrogens is 1. The smallest absolute Gasteiger partial charge is 0.128 e. The second-order valence-electron chi connectivity index (χ2n) is 5.14. The number of halogens is 2. The Morgan fingerprint density at radius 1 is 1.33 bits per heavy atom. The van der Waals surface area contributed by atoms with E-state index < -0.39 is 0 Å². The fourth-order valence-corrected chi connectivity index (χ4v) is 2.70. The van der Waals surface area contributed by atoms with Crippen molar-refractivity contribution in [2.24, 2.45) is 0 Å². The minimum absolute atomic E-state index is 0.0731. The van der Waals surface area contributed by atoms with Crippen LogP contribution in [-0.2, 0) is 6.42 Å². The summed E-state index contributed by atoms with van der Waals surface area (Å²) < 4.78 is 15.1. The van der Waals surface area contributed by atoms with E-state index in [1.807, 2.05) is 25.1 Å². The van der Waals surface area contributed by atoms with Crippen LogP contribution in [0.15, 0.2) is 41.0 Å². The predicted molar refractivity (Wildman–Crippen MR) is 87.8 cm³/mol. The van der Waals surface area contributed by atoms with Gasteiger partial charge in [0.25, 0.3) is 0 Å². The minimum Gasteiger partial charge on any atom is -0.310 e. The monoisotopic (exact) mass is 350 g/mol. The third-order valence-corrected chi connectivity index (χ3v) is 3.98. The lowest BCUT2D eigenvalue weighted by Gasteiger charge is -2.20. The summed E-state index contributed by atoms with van der Waals surface area (Å²) in [5, 5.41) is 3.43. The zero-order valence-corrected chi connectivity index (χ0v) is 14.0. The van der Waals surface area contributed by atoms with Crippen LogP contribution in [0.5, 0.6) is 0 Å². The van der Waals surface area contributed by atoms with Gasteiger partial charge in [-0.1, -0.05) is 28.9 Å². The summed E-state index contributed by atoms with van der Waals surface area (Å²) in [5.41, 5.74) is 2.82. The number of pyridine rings is 1. The minimum atomic E-state index is -0.180. The highest BCUT2D eigenvalue weighted by atomic mass is 79.9. The van der Waals surface area contributed by atoms with E-state index in [0.717, 1.165) is 28.7 Å². The maximum absolute atomic E-state index is 14.2. The highest BCUT2D eigenvalue weighted by Crippen LogP contribution is 2.25. The fraction of sp³-hybridized carbons (Fsp3) is 0.353. The van der Waals surface area contributed by atoms with Crippen LogP contribution < -0.4 is 5.32 Å². The number of aryl methyl sites for hydroxylation is 1. The molecule has 0 amide bonds. The molecule has 0 aliphatic rings. The third kappa shape index (κ3) is 4.35. The second-order valence-corrected chi connectivity index (χ2v) is 6.06. The molecule has 0 aliphatic heterocycles. The Balaban J connectivity index is 2.30. The lowest BCUT2D eigenvalue weighted by atomic mass is 9.99. The van der Waals surface area contributed by atoms with Gasteiger partial charge in [0.1, 0.15) is 5.82 Å². The van der Waals surface area contributed by atoms with Crippen LogP contribution in [0.3, 0.4) is 0 Å². The van der Waals surface area contributed by atoms with Gasteiger partial charge in [0.05, 0.1) is 0 Å². The first kappa shape index (κ1) is 16.1. The van der Waals surface area contributed by atoms with E-state index in [9.17, 15) is 4.39 Å². The molecule has 0 saturated carbocycles. The molecule has 0 radical (unpaired) electrons. The van der Waals surface area contributed by atoms with Crippen molar-refractivity contribution in [1.29, 1.82) is 0 Å². The first-order valence-corrected chi connectivity index (χ1v) is 8.00. The van der Waals surface area contributed by atoms with E-state index in [1.165, 1.54) is 6.07 Å². The molecule has 1 atom stereocenters. The molecule has 0 spiro atoms. The van der Waals surface area contributed by atoms with Crippen molar-refractivity contribution in [3.05, 3.63) is 63.6 Å². The lowest BCUT2D eigenvalue weighted by Crippen LogP contribution is -2.25. The maximum atomic E-state index is 14.2. The van der Waals surface area contributed by atoms with Gasteiger partial charge < -0.3 is 5.32 Å². The van der Waals surface area contributed by atoms with Gasteiger partial charge >= 0.3 is 0 Å². The summed E-state index contributed by atoms with van der Waals surface area (Å²) in [6, 6.07) is 8.97. The Kier molecular flexibility index (Phi) is 5.88. The Hall–Kier alpha value is -1.26. The van der Waals surface area contributed by atoms with Gasteiger partial charge in [-0.2, -0.15) is 0 Å². The van der Waals surface area contributed by atoms with E-state index in [4.69, 9.17) is 0 Å². The first-order valence-electron chi connectivity index (χ1n) is 7.20. The number of nitrogens with one attached hydrogen (secondary N) is 1. The second kappa shape index (κ2) is 7.66. The van der Waals surface area contributed by atoms with Crippen molar-refractivity contribution in [3.63, 3.8) is 0 Å². The Morgan fingerprint density at radius 3 is 2.86 bits per heavy atom. The van der Waals surface area contributed by atoms with Gasteiger partial charge in [-0.3, -0.25) is 4.98 Å².